The monoisotopic (exact) mass is 239 g/mol. The van der Waals surface area contributed by atoms with Gasteiger partial charge in [0.05, 0.1) is 0 Å². The van der Waals surface area contributed by atoms with Gasteiger partial charge in [0, 0.05) is 23.7 Å². The maximum Gasteiger partial charge on any atom is 0.267 e. The Morgan fingerprint density at radius 2 is 2.50 bits per heavy atom. The maximum atomic E-state index is 11.7. The molecule has 0 spiro atoms. The molecule has 2 rings (SSSR count). The van der Waals surface area contributed by atoms with Gasteiger partial charge >= 0.3 is 0 Å². The van der Waals surface area contributed by atoms with Gasteiger partial charge in [-0.3, -0.25) is 4.79 Å². The number of aromatic amines is 1. The highest BCUT2D eigenvalue weighted by molar-refractivity contribution is 7.99. The highest BCUT2D eigenvalue weighted by Crippen LogP contribution is 2.24. The van der Waals surface area contributed by atoms with Crippen molar-refractivity contribution in [2.45, 2.75) is 24.5 Å². The van der Waals surface area contributed by atoms with E-state index in [9.17, 15) is 4.79 Å². The van der Waals surface area contributed by atoms with E-state index >= 15 is 0 Å². The van der Waals surface area contributed by atoms with Crippen molar-refractivity contribution in [2.75, 3.05) is 18.0 Å². The van der Waals surface area contributed by atoms with Gasteiger partial charge < -0.3 is 16.0 Å². The highest BCUT2D eigenvalue weighted by Gasteiger charge is 2.15. The summed E-state index contributed by atoms with van der Waals surface area (Å²) in [4.78, 5) is 14.5. The van der Waals surface area contributed by atoms with Gasteiger partial charge in [-0.25, -0.2) is 0 Å². The standard InChI is InChI=1S/C11H17N3OS/c12-8-5-10(13-6-8)11(15)14-7-9-3-1-2-4-16-9/h5-6,9,13H,1-4,7,12H2,(H,14,15). The van der Waals surface area contributed by atoms with E-state index in [4.69, 9.17) is 5.73 Å². The first kappa shape index (κ1) is 11.4. The van der Waals surface area contributed by atoms with E-state index in [2.05, 4.69) is 10.3 Å². The minimum Gasteiger partial charge on any atom is -0.397 e. The van der Waals surface area contributed by atoms with Crippen molar-refractivity contribution in [1.82, 2.24) is 10.3 Å². The molecule has 1 fully saturated rings. The van der Waals surface area contributed by atoms with Crippen LogP contribution in [0.4, 0.5) is 5.69 Å². The van der Waals surface area contributed by atoms with Gasteiger partial charge in [-0.05, 0) is 24.7 Å². The molecule has 0 bridgehead atoms. The number of H-pyrrole nitrogens is 1. The largest absolute Gasteiger partial charge is 0.397 e. The molecule has 1 unspecified atom stereocenters. The molecular weight excluding hydrogens is 222 g/mol. The molecule has 1 saturated heterocycles. The number of hydrogen-bond donors (Lipinski definition) is 3. The Kier molecular flexibility index (Phi) is 3.77. The molecular formula is C11H17N3OS. The number of nitrogens with one attached hydrogen (secondary N) is 2. The molecule has 0 saturated carbocycles. The molecule has 4 nitrogen and oxygen atoms in total. The van der Waals surface area contributed by atoms with Gasteiger partial charge in [0.15, 0.2) is 0 Å². The lowest BCUT2D eigenvalue weighted by molar-refractivity contribution is 0.0949. The van der Waals surface area contributed by atoms with Crippen LogP contribution in [0.1, 0.15) is 29.8 Å². The van der Waals surface area contributed by atoms with Crippen LogP contribution < -0.4 is 11.1 Å². The second kappa shape index (κ2) is 5.30. The van der Waals surface area contributed by atoms with Crippen LogP contribution >= 0.6 is 11.8 Å². The summed E-state index contributed by atoms with van der Waals surface area (Å²) in [6.07, 6.45) is 5.42. The molecule has 1 aromatic rings. The fourth-order valence-electron chi connectivity index (χ4n) is 1.81. The highest BCUT2D eigenvalue weighted by atomic mass is 32.2. The van der Waals surface area contributed by atoms with Crippen molar-refractivity contribution in [2.24, 2.45) is 0 Å². The fourth-order valence-corrected chi connectivity index (χ4v) is 3.05. The summed E-state index contributed by atoms with van der Waals surface area (Å²) >= 11 is 1.96. The minimum atomic E-state index is -0.0668. The predicted molar refractivity (Wildman–Crippen MR) is 67.6 cm³/mol. The summed E-state index contributed by atoms with van der Waals surface area (Å²) in [5.74, 6) is 1.15. The molecule has 5 heteroatoms. The van der Waals surface area contributed by atoms with Crippen molar-refractivity contribution in [3.8, 4) is 0 Å². The van der Waals surface area contributed by atoms with Crippen LogP contribution in [-0.2, 0) is 0 Å². The van der Waals surface area contributed by atoms with Crippen LogP contribution in [-0.4, -0.2) is 28.4 Å². The average molecular weight is 239 g/mol. The van der Waals surface area contributed by atoms with E-state index in [1.807, 2.05) is 11.8 Å². The molecule has 1 atom stereocenters. The lowest BCUT2D eigenvalue weighted by atomic mass is 10.2. The molecule has 4 N–H and O–H groups in total. The minimum absolute atomic E-state index is 0.0668. The summed E-state index contributed by atoms with van der Waals surface area (Å²) in [5.41, 5.74) is 6.67. The lowest BCUT2D eigenvalue weighted by Crippen LogP contribution is -2.32. The Morgan fingerprint density at radius 3 is 3.12 bits per heavy atom. The summed E-state index contributed by atoms with van der Waals surface area (Å²) in [5, 5.41) is 3.51. The van der Waals surface area contributed by atoms with Crippen molar-refractivity contribution >= 4 is 23.4 Å². The van der Waals surface area contributed by atoms with Crippen molar-refractivity contribution in [3.63, 3.8) is 0 Å². The number of hydrogen-bond acceptors (Lipinski definition) is 3. The normalized spacial score (nSPS) is 20.6. The van der Waals surface area contributed by atoms with Gasteiger partial charge in [-0.2, -0.15) is 11.8 Å². The zero-order chi connectivity index (χ0) is 11.4. The van der Waals surface area contributed by atoms with Gasteiger partial charge in [0.2, 0.25) is 0 Å². The molecule has 1 aliphatic rings. The number of carbonyl (C=O) groups excluding carboxylic acids is 1. The van der Waals surface area contributed by atoms with Gasteiger partial charge in [-0.1, -0.05) is 6.42 Å². The zero-order valence-corrected chi connectivity index (χ0v) is 9.98. The van der Waals surface area contributed by atoms with Gasteiger partial charge in [0.1, 0.15) is 5.69 Å². The van der Waals surface area contributed by atoms with Crippen molar-refractivity contribution < 1.29 is 4.79 Å². The Hall–Kier alpha value is -1.10. The summed E-state index contributed by atoms with van der Waals surface area (Å²) in [6.45, 7) is 0.752. The van der Waals surface area contributed by atoms with Crippen LogP contribution in [0.3, 0.4) is 0 Å². The number of thioether (sulfide) groups is 1. The molecule has 16 heavy (non-hydrogen) atoms. The van der Waals surface area contributed by atoms with Gasteiger partial charge in [-0.15, -0.1) is 0 Å². The zero-order valence-electron chi connectivity index (χ0n) is 9.16. The second-order valence-electron chi connectivity index (χ2n) is 4.05. The second-order valence-corrected chi connectivity index (χ2v) is 5.45. The van der Waals surface area contributed by atoms with Gasteiger partial charge in [0.25, 0.3) is 5.91 Å². The number of rotatable bonds is 3. The summed E-state index contributed by atoms with van der Waals surface area (Å²) < 4.78 is 0. The Bertz CT molecular complexity index is 358. The lowest BCUT2D eigenvalue weighted by Gasteiger charge is -2.21. The first-order valence-corrected chi connectivity index (χ1v) is 6.64. The summed E-state index contributed by atoms with van der Waals surface area (Å²) in [7, 11) is 0. The average Bonchev–Trinajstić information content (AvgIpc) is 2.74. The first-order valence-electron chi connectivity index (χ1n) is 5.59. The van der Waals surface area contributed by atoms with E-state index in [1.165, 1.54) is 25.0 Å². The quantitative estimate of drug-likeness (QED) is 0.750. The molecule has 88 valence electrons. The van der Waals surface area contributed by atoms with E-state index in [0.717, 1.165) is 6.54 Å². The molecule has 2 heterocycles. The third kappa shape index (κ3) is 2.95. The molecule has 1 aliphatic heterocycles. The van der Waals surface area contributed by atoms with Crippen LogP contribution in [0, 0.1) is 0 Å². The number of anilines is 1. The SMILES string of the molecule is Nc1c[nH]c(C(=O)NCC2CCCCS2)c1. The Labute approximate surface area is 99.4 Å². The van der Waals surface area contributed by atoms with Crippen molar-refractivity contribution in [1.29, 1.82) is 0 Å². The maximum absolute atomic E-state index is 11.7. The van der Waals surface area contributed by atoms with Crippen LogP contribution in [0.5, 0.6) is 0 Å². The molecule has 1 amide bonds. The molecule has 1 aromatic heterocycles. The first-order chi connectivity index (χ1) is 7.75. The van der Waals surface area contributed by atoms with Crippen LogP contribution in [0.15, 0.2) is 12.3 Å². The number of nitrogen functional groups attached to an aromatic ring is 1. The van der Waals surface area contributed by atoms with E-state index in [-0.39, 0.29) is 5.91 Å². The number of aromatic nitrogens is 1. The van der Waals surface area contributed by atoms with E-state index in [0.29, 0.717) is 16.6 Å². The van der Waals surface area contributed by atoms with Crippen molar-refractivity contribution in [3.05, 3.63) is 18.0 Å². The molecule has 0 radical (unpaired) electrons. The van der Waals surface area contributed by atoms with Crippen LogP contribution in [0.25, 0.3) is 0 Å². The topological polar surface area (TPSA) is 70.9 Å². The van der Waals surface area contributed by atoms with Crippen LogP contribution in [0.2, 0.25) is 0 Å². The number of carbonyl (C=O) groups is 1. The molecule has 0 aliphatic carbocycles. The molecule has 0 aromatic carbocycles. The number of amides is 1. The van der Waals surface area contributed by atoms with E-state index in [1.54, 1.807) is 12.3 Å². The third-order valence-corrected chi connectivity index (χ3v) is 4.11. The third-order valence-electron chi connectivity index (χ3n) is 2.71. The van der Waals surface area contributed by atoms with E-state index < -0.39 is 0 Å². The Balaban J connectivity index is 1.79. The smallest absolute Gasteiger partial charge is 0.267 e. The number of nitrogens with two attached hydrogens (primary N) is 1. The Morgan fingerprint density at radius 1 is 1.62 bits per heavy atom. The fraction of sp³-hybridized carbons (Fsp3) is 0.545. The predicted octanol–water partition coefficient (Wildman–Crippen LogP) is 1.61. The summed E-state index contributed by atoms with van der Waals surface area (Å²) in [6, 6.07) is 1.66.